The van der Waals surface area contributed by atoms with Crippen molar-refractivity contribution in [3.63, 3.8) is 0 Å². The predicted molar refractivity (Wildman–Crippen MR) is 89.2 cm³/mol. The Hall–Kier alpha value is -2.30. The molecule has 0 unspecified atom stereocenters. The Morgan fingerprint density at radius 3 is 2.57 bits per heavy atom. The lowest BCUT2D eigenvalue weighted by Crippen LogP contribution is -2.32. The summed E-state index contributed by atoms with van der Waals surface area (Å²) in [4.78, 5) is 14.6. The summed E-state index contributed by atoms with van der Waals surface area (Å²) in [5.41, 5.74) is 2.36. The van der Waals surface area contributed by atoms with E-state index in [1.54, 1.807) is 11.8 Å². The molecule has 1 aromatic carbocycles. The summed E-state index contributed by atoms with van der Waals surface area (Å²) < 4.78 is 7.06. The average molecular weight is 313 g/mol. The summed E-state index contributed by atoms with van der Waals surface area (Å²) in [5, 5.41) is 4.53. The van der Waals surface area contributed by atoms with Crippen LogP contribution in [0.25, 0.3) is 5.69 Å². The molecule has 0 spiro atoms. The maximum atomic E-state index is 12.7. The summed E-state index contributed by atoms with van der Waals surface area (Å²) in [5.74, 6) is 0.814. The molecule has 3 rings (SSSR count). The Labute approximate surface area is 136 Å². The molecule has 2 heterocycles. The van der Waals surface area contributed by atoms with Gasteiger partial charge in [0.15, 0.2) is 5.69 Å². The van der Waals surface area contributed by atoms with Crippen molar-refractivity contribution in [2.24, 2.45) is 0 Å². The van der Waals surface area contributed by atoms with E-state index in [9.17, 15) is 4.79 Å². The number of benzene rings is 1. The summed E-state index contributed by atoms with van der Waals surface area (Å²) in [6, 6.07) is 9.56. The highest BCUT2D eigenvalue weighted by Gasteiger charge is 2.21. The topological polar surface area (TPSA) is 47.4 Å². The molecular weight excluding hydrogens is 290 g/mol. The van der Waals surface area contributed by atoms with Crippen molar-refractivity contribution in [3.8, 4) is 11.4 Å². The molecular formula is C18H23N3O2. The van der Waals surface area contributed by atoms with Crippen LogP contribution >= 0.6 is 0 Å². The van der Waals surface area contributed by atoms with E-state index < -0.39 is 0 Å². The van der Waals surface area contributed by atoms with Crippen LogP contribution in [0, 0.1) is 6.92 Å². The van der Waals surface area contributed by atoms with Crippen LogP contribution < -0.4 is 4.74 Å². The smallest absolute Gasteiger partial charge is 0.274 e. The summed E-state index contributed by atoms with van der Waals surface area (Å²) >= 11 is 0. The lowest BCUT2D eigenvalue weighted by atomic mass is 10.2. The zero-order valence-corrected chi connectivity index (χ0v) is 13.8. The van der Waals surface area contributed by atoms with Crippen LogP contribution in [-0.4, -0.2) is 40.8 Å². The van der Waals surface area contributed by atoms with Crippen LogP contribution in [0.5, 0.6) is 5.75 Å². The van der Waals surface area contributed by atoms with E-state index >= 15 is 0 Å². The second-order valence-corrected chi connectivity index (χ2v) is 5.99. The number of rotatable bonds is 3. The SMILES string of the molecule is COc1cccc(-n2nc(C(=O)N3CCCCCC3)cc2C)c1. The standard InChI is InChI=1S/C18H23N3O2/c1-14-12-17(18(22)20-10-5-3-4-6-11-20)19-21(14)15-8-7-9-16(13-15)23-2/h7-9,12-13H,3-6,10-11H2,1-2H3. The van der Waals surface area contributed by atoms with Gasteiger partial charge in [0, 0.05) is 24.8 Å². The minimum absolute atomic E-state index is 0.0386. The van der Waals surface area contributed by atoms with E-state index in [0.717, 1.165) is 43.1 Å². The molecule has 0 atom stereocenters. The van der Waals surface area contributed by atoms with Crippen molar-refractivity contribution in [1.29, 1.82) is 0 Å². The molecule has 1 amide bonds. The number of methoxy groups -OCH3 is 1. The van der Waals surface area contributed by atoms with Gasteiger partial charge in [0.05, 0.1) is 12.8 Å². The molecule has 0 N–H and O–H groups in total. The van der Waals surface area contributed by atoms with Gasteiger partial charge in [-0.25, -0.2) is 4.68 Å². The Kier molecular flexibility index (Phi) is 4.65. The first-order valence-electron chi connectivity index (χ1n) is 8.19. The summed E-state index contributed by atoms with van der Waals surface area (Å²) in [6.07, 6.45) is 4.59. The van der Waals surface area contributed by atoms with Gasteiger partial charge in [-0.3, -0.25) is 4.79 Å². The maximum Gasteiger partial charge on any atom is 0.274 e. The largest absolute Gasteiger partial charge is 0.497 e. The van der Waals surface area contributed by atoms with E-state index in [-0.39, 0.29) is 5.91 Å². The third kappa shape index (κ3) is 3.38. The van der Waals surface area contributed by atoms with Gasteiger partial charge >= 0.3 is 0 Å². The fraction of sp³-hybridized carbons (Fsp3) is 0.444. The second-order valence-electron chi connectivity index (χ2n) is 5.99. The van der Waals surface area contributed by atoms with E-state index in [4.69, 9.17) is 4.74 Å². The van der Waals surface area contributed by atoms with Crippen LogP contribution in [-0.2, 0) is 0 Å². The first kappa shape index (κ1) is 15.6. The Bertz CT molecular complexity index is 685. The predicted octanol–water partition coefficient (Wildman–Crippen LogP) is 3.21. The number of carbonyl (C=O) groups is 1. The van der Waals surface area contributed by atoms with Gasteiger partial charge in [-0.2, -0.15) is 5.10 Å². The second kappa shape index (κ2) is 6.86. The van der Waals surface area contributed by atoms with E-state index in [1.165, 1.54) is 12.8 Å². The molecule has 0 aliphatic carbocycles. The lowest BCUT2D eigenvalue weighted by molar-refractivity contribution is 0.0755. The van der Waals surface area contributed by atoms with Gasteiger partial charge in [-0.1, -0.05) is 18.9 Å². The highest BCUT2D eigenvalue weighted by Crippen LogP contribution is 2.19. The van der Waals surface area contributed by atoms with Crippen LogP contribution in [0.4, 0.5) is 0 Å². The third-order valence-corrected chi connectivity index (χ3v) is 4.30. The van der Waals surface area contributed by atoms with Crippen molar-refractivity contribution in [2.45, 2.75) is 32.6 Å². The Morgan fingerprint density at radius 1 is 1.13 bits per heavy atom. The highest BCUT2D eigenvalue weighted by atomic mass is 16.5. The molecule has 23 heavy (non-hydrogen) atoms. The van der Waals surface area contributed by atoms with Gasteiger partial charge in [0.25, 0.3) is 5.91 Å². The van der Waals surface area contributed by atoms with Crippen LogP contribution in [0.15, 0.2) is 30.3 Å². The minimum atomic E-state index is 0.0386. The summed E-state index contributed by atoms with van der Waals surface area (Å²) in [7, 11) is 1.64. The molecule has 1 aliphatic rings. The van der Waals surface area contributed by atoms with Crippen LogP contribution in [0.3, 0.4) is 0 Å². The maximum absolute atomic E-state index is 12.7. The number of amides is 1. The highest BCUT2D eigenvalue weighted by molar-refractivity contribution is 5.92. The third-order valence-electron chi connectivity index (χ3n) is 4.30. The number of aryl methyl sites for hydroxylation is 1. The van der Waals surface area contributed by atoms with E-state index in [0.29, 0.717) is 5.69 Å². The number of ether oxygens (including phenoxy) is 1. The molecule has 122 valence electrons. The van der Waals surface area contributed by atoms with Crippen molar-refractivity contribution in [1.82, 2.24) is 14.7 Å². The molecule has 1 aromatic heterocycles. The molecule has 5 heteroatoms. The number of hydrogen-bond acceptors (Lipinski definition) is 3. The fourth-order valence-corrected chi connectivity index (χ4v) is 3.02. The summed E-state index contributed by atoms with van der Waals surface area (Å²) in [6.45, 7) is 3.64. The quantitative estimate of drug-likeness (QED) is 0.874. The van der Waals surface area contributed by atoms with Gasteiger partial charge in [-0.15, -0.1) is 0 Å². The molecule has 2 aromatic rings. The number of aromatic nitrogens is 2. The Balaban J connectivity index is 1.86. The molecule has 1 aliphatic heterocycles. The first-order valence-corrected chi connectivity index (χ1v) is 8.19. The van der Waals surface area contributed by atoms with Crippen molar-refractivity contribution in [2.75, 3.05) is 20.2 Å². The first-order chi connectivity index (χ1) is 11.2. The van der Waals surface area contributed by atoms with Gasteiger partial charge in [-0.05, 0) is 38.0 Å². The lowest BCUT2D eigenvalue weighted by Gasteiger charge is -2.18. The molecule has 1 fully saturated rings. The molecule has 5 nitrogen and oxygen atoms in total. The van der Waals surface area contributed by atoms with E-state index in [1.807, 2.05) is 42.2 Å². The number of hydrogen-bond donors (Lipinski definition) is 0. The number of carbonyl (C=O) groups excluding carboxylic acids is 1. The molecule has 0 radical (unpaired) electrons. The van der Waals surface area contributed by atoms with Gasteiger partial charge < -0.3 is 9.64 Å². The molecule has 0 bridgehead atoms. The number of likely N-dealkylation sites (tertiary alicyclic amines) is 1. The normalized spacial score (nSPS) is 15.3. The zero-order valence-electron chi connectivity index (χ0n) is 13.8. The fourth-order valence-electron chi connectivity index (χ4n) is 3.02. The van der Waals surface area contributed by atoms with Crippen LogP contribution in [0.2, 0.25) is 0 Å². The van der Waals surface area contributed by atoms with Crippen molar-refractivity contribution >= 4 is 5.91 Å². The van der Waals surface area contributed by atoms with Crippen molar-refractivity contribution < 1.29 is 9.53 Å². The van der Waals surface area contributed by atoms with Gasteiger partial charge in [0.1, 0.15) is 5.75 Å². The number of nitrogens with zero attached hydrogens (tertiary/aromatic N) is 3. The van der Waals surface area contributed by atoms with Gasteiger partial charge in [0.2, 0.25) is 0 Å². The van der Waals surface area contributed by atoms with E-state index in [2.05, 4.69) is 5.10 Å². The zero-order chi connectivity index (χ0) is 16.2. The molecule has 1 saturated heterocycles. The van der Waals surface area contributed by atoms with Crippen molar-refractivity contribution in [3.05, 3.63) is 41.7 Å². The van der Waals surface area contributed by atoms with Crippen LogP contribution in [0.1, 0.15) is 41.9 Å². The molecule has 0 saturated carbocycles. The Morgan fingerprint density at radius 2 is 1.87 bits per heavy atom. The monoisotopic (exact) mass is 313 g/mol. The minimum Gasteiger partial charge on any atom is -0.497 e. The average Bonchev–Trinajstić information content (AvgIpc) is 2.79.